The zero-order valence-corrected chi connectivity index (χ0v) is 17.8. The van der Waals surface area contributed by atoms with Gasteiger partial charge in [0.15, 0.2) is 11.5 Å². The second-order valence-electron chi connectivity index (χ2n) is 6.63. The number of rotatable bonds is 9. The molecule has 3 aromatic rings. The van der Waals surface area contributed by atoms with Crippen molar-refractivity contribution in [2.45, 2.75) is 19.7 Å². The molecular weight excluding hydrogens is 425 g/mol. The Kier molecular flexibility index (Phi) is 7.57. The molecule has 0 amide bonds. The molecule has 0 atom stereocenters. The van der Waals surface area contributed by atoms with Gasteiger partial charge in [-0.15, -0.1) is 0 Å². The van der Waals surface area contributed by atoms with Gasteiger partial charge < -0.3 is 19.9 Å². The van der Waals surface area contributed by atoms with E-state index in [-0.39, 0.29) is 5.56 Å². The summed E-state index contributed by atoms with van der Waals surface area (Å²) in [5.41, 5.74) is 3.12. The van der Waals surface area contributed by atoms with Crippen LogP contribution in [0.4, 0.5) is 0 Å². The van der Waals surface area contributed by atoms with Crippen molar-refractivity contribution in [2.24, 2.45) is 0 Å². The van der Waals surface area contributed by atoms with Crippen LogP contribution in [0.5, 0.6) is 11.5 Å². The Bertz CT molecular complexity index is 1020. The molecule has 0 saturated carbocycles. The van der Waals surface area contributed by atoms with E-state index in [1.54, 1.807) is 37.4 Å². The van der Waals surface area contributed by atoms with Crippen LogP contribution in [0.3, 0.4) is 0 Å². The summed E-state index contributed by atoms with van der Waals surface area (Å²) in [4.78, 5) is 10.9. The van der Waals surface area contributed by atoms with Crippen LogP contribution in [0.25, 0.3) is 0 Å². The van der Waals surface area contributed by atoms with Gasteiger partial charge in [-0.2, -0.15) is 0 Å². The minimum Gasteiger partial charge on any atom is -0.493 e. The molecule has 0 saturated heterocycles. The Morgan fingerprint density at radius 1 is 0.967 bits per heavy atom. The van der Waals surface area contributed by atoms with Gasteiger partial charge in [0.2, 0.25) is 0 Å². The number of aromatic carboxylic acids is 1. The number of nitrogens with one attached hydrogen (secondary N) is 1. The highest BCUT2D eigenvalue weighted by Gasteiger charge is 2.13. The van der Waals surface area contributed by atoms with Crippen molar-refractivity contribution in [3.63, 3.8) is 0 Å². The van der Waals surface area contributed by atoms with E-state index >= 15 is 0 Å². The predicted octanol–water partition coefficient (Wildman–Crippen LogP) is 5.57. The maximum Gasteiger partial charge on any atom is 0.335 e. The second-order valence-corrected chi connectivity index (χ2v) is 7.48. The number of hydrogen-bond acceptors (Lipinski definition) is 4. The highest BCUT2D eigenvalue weighted by molar-refractivity contribution is 6.32. The van der Waals surface area contributed by atoms with E-state index in [4.69, 9.17) is 37.8 Å². The van der Waals surface area contributed by atoms with Crippen molar-refractivity contribution in [2.75, 3.05) is 7.11 Å². The summed E-state index contributed by atoms with van der Waals surface area (Å²) in [6.07, 6.45) is 0. The molecule has 0 fully saturated rings. The normalized spacial score (nSPS) is 10.6. The first-order chi connectivity index (χ1) is 14.5. The molecule has 0 radical (unpaired) electrons. The number of halogens is 2. The Hall–Kier alpha value is -2.73. The lowest BCUT2D eigenvalue weighted by Gasteiger charge is -2.15. The molecule has 30 heavy (non-hydrogen) atoms. The summed E-state index contributed by atoms with van der Waals surface area (Å²) in [6, 6.07) is 17.9. The van der Waals surface area contributed by atoms with Gasteiger partial charge >= 0.3 is 5.97 Å². The maximum absolute atomic E-state index is 10.9. The van der Waals surface area contributed by atoms with Crippen LogP contribution in [0.2, 0.25) is 10.0 Å². The van der Waals surface area contributed by atoms with Crippen LogP contribution in [0, 0.1) is 0 Å². The summed E-state index contributed by atoms with van der Waals surface area (Å²) in [7, 11) is 1.57. The zero-order chi connectivity index (χ0) is 21.5. The number of carbonyl (C=O) groups is 1. The van der Waals surface area contributed by atoms with E-state index in [1.807, 2.05) is 30.3 Å². The van der Waals surface area contributed by atoms with E-state index < -0.39 is 5.97 Å². The number of hydrogen-bond donors (Lipinski definition) is 2. The lowest BCUT2D eigenvalue weighted by Crippen LogP contribution is -2.13. The minimum absolute atomic E-state index is 0.267. The zero-order valence-electron chi connectivity index (χ0n) is 16.3. The smallest absolute Gasteiger partial charge is 0.335 e. The quantitative estimate of drug-likeness (QED) is 0.450. The summed E-state index contributed by atoms with van der Waals surface area (Å²) in [5, 5.41) is 13.4. The first-order valence-electron chi connectivity index (χ1n) is 9.23. The van der Waals surface area contributed by atoms with Crippen molar-refractivity contribution in [3.05, 3.63) is 93.0 Å². The van der Waals surface area contributed by atoms with Crippen LogP contribution in [0.1, 0.15) is 27.0 Å². The third-order valence-corrected chi connectivity index (χ3v) is 4.94. The number of ether oxygens (including phenoxy) is 2. The number of benzene rings is 3. The third-order valence-electron chi connectivity index (χ3n) is 4.42. The van der Waals surface area contributed by atoms with Crippen molar-refractivity contribution in [1.29, 1.82) is 0 Å². The van der Waals surface area contributed by atoms with Crippen molar-refractivity contribution in [3.8, 4) is 11.5 Å². The van der Waals surface area contributed by atoms with Crippen LogP contribution < -0.4 is 14.8 Å². The second kappa shape index (κ2) is 10.3. The fourth-order valence-electron chi connectivity index (χ4n) is 2.91. The van der Waals surface area contributed by atoms with E-state index in [2.05, 4.69) is 5.32 Å². The number of carboxylic acid groups (broad SMARTS) is 1. The van der Waals surface area contributed by atoms with Crippen LogP contribution in [-0.4, -0.2) is 18.2 Å². The summed E-state index contributed by atoms with van der Waals surface area (Å²) < 4.78 is 11.3. The summed E-state index contributed by atoms with van der Waals surface area (Å²) in [6.45, 7) is 1.47. The molecule has 2 N–H and O–H groups in total. The lowest BCUT2D eigenvalue weighted by molar-refractivity contribution is 0.0697. The molecule has 0 aliphatic rings. The maximum atomic E-state index is 10.9. The summed E-state index contributed by atoms with van der Waals surface area (Å²) >= 11 is 12.5. The molecular formula is C23H21Cl2NO4. The van der Waals surface area contributed by atoms with E-state index in [1.165, 1.54) is 0 Å². The third kappa shape index (κ3) is 5.89. The molecule has 0 aliphatic heterocycles. The molecule has 0 unspecified atom stereocenters. The van der Waals surface area contributed by atoms with Gasteiger partial charge in [0.25, 0.3) is 0 Å². The van der Waals surface area contributed by atoms with Crippen molar-refractivity contribution in [1.82, 2.24) is 5.32 Å². The monoisotopic (exact) mass is 445 g/mol. The van der Waals surface area contributed by atoms with Crippen LogP contribution in [-0.2, 0) is 19.7 Å². The van der Waals surface area contributed by atoms with Crippen LogP contribution in [0.15, 0.2) is 60.7 Å². The Morgan fingerprint density at radius 3 is 2.37 bits per heavy atom. The van der Waals surface area contributed by atoms with E-state index in [0.29, 0.717) is 41.2 Å². The predicted molar refractivity (Wildman–Crippen MR) is 118 cm³/mol. The average molecular weight is 446 g/mol. The molecule has 0 bridgehead atoms. The van der Waals surface area contributed by atoms with Gasteiger partial charge in [0, 0.05) is 18.1 Å². The molecule has 0 spiro atoms. The number of carboxylic acids is 1. The lowest BCUT2D eigenvalue weighted by atomic mass is 10.1. The van der Waals surface area contributed by atoms with Gasteiger partial charge in [-0.25, -0.2) is 4.79 Å². The molecule has 156 valence electrons. The van der Waals surface area contributed by atoms with Gasteiger partial charge in [-0.05, 0) is 53.1 Å². The van der Waals surface area contributed by atoms with Crippen molar-refractivity contribution < 1.29 is 19.4 Å². The van der Waals surface area contributed by atoms with Gasteiger partial charge in [-0.3, -0.25) is 0 Å². The van der Waals surface area contributed by atoms with E-state index in [9.17, 15) is 4.79 Å². The molecule has 7 heteroatoms. The average Bonchev–Trinajstić information content (AvgIpc) is 2.73. The SMILES string of the molecule is COc1cc(CNCc2ccc(C(=O)O)cc2)cc(Cl)c1OCc1cccc(Cl)c1. The Labute approximate surface area is 185 Å². The number of methoxy groups -OCH3 is 1. The first-order valence-corrected chi connectivity index (χ1v) is 9.98. The molecule has 3 rings (SSSR count). The largest absolute Gasteiger partial charge is 0.493 e. The van der Waals surface area contributed by atoms with Crippen LogP contribution >= 0.6 is 23.2 Å². The molecule has 3 aromatic carbocycles. The first kappa shape index (κ1) is 22.0. The molecule has 0 aliphatic carbocycles. The minimum atomic E-state index is -0.936. The highest BCUT2D eigenvalue weighted by Crippen LogP contribution is 2.37. The molecule has 5 nitrogen and oxygen atoms in total. The fourth-order valence-corrected chi connectivity index (χ4v) is 3.41. The highest BCUT2D eigenvalue weighted by atomic mass is 35.5. The fraction of sp³-hybridized carbons (Fsp3) is 0.174. The molecule has 0 heterocycles. The van der Waals surface area contributed by atoms with Crippen molar-refractivity contribution >= 4 is 29.2 Å². The molecule has 0 aromatic heterocycles. The van der Waals surface area contributed by atoms with E-state index in [0.717, 1.165) is 16.7 Å². The van der Waals surface area contributed by atoms with Gasteiger partial charge in [0.1, 0.15) is 6.61 Å². The Balaban J connectivity index is 1.62. The topological polar surface area (TPSA) is 67.8 Å². The van der Waals surface area contributed by atoms with Gasteiger partial charge in [0.05, 0.1) is 17.7 Å². The standard InChI is InChI=1S/C23H21Cl2NO4/c1-29-21-11-17(13-26-12-15-5-7-18(8-6-15)23(27)28)10-20(25)22(21)30-14-16-3-2-4-19(24)9-16/h2-11,26H,12-14H2,1H3,(H,27,28). The Morgan fingerprint density at radius 2 is 1.70 bits per heavy atom. The van der Waals surface area contributed by atoms with Gasteiger partial charge in [-0.1, -0.05) is 47.5 Å². The summed E-state index contributed by atoms with van der Waals surface area (Å²) in [5.74, 6) is 0.0909.